The SMILES string of the molecule is COCCOCCOCCOCCOCCOCCOCCOCCOCCOCCOCCOCCOCCOCCOCCOCCOCCOCCOCCOCCOCCOCCN(C(=O)OC(C)(C)C)C(=O)OC(C)(C)C. The monoisotopic (exact) mass is 1200 g/mol. The number of rotatable bonds is 66. The standard InChI is InChI=1S/C55H109NO26/c1-54(2,3)81-52(57)56(53(58)82-55(4,5)6)8-9-60-12-13-62-16-17-64-20-21-66-24-25-68-28-29-70-32-33-72-36-37-74-40-41-76-44-45-78-48-49-80-51-50-79-47-46-77-43-42-75-39-38-73-35-34-71-31-30-69-27-26-67-23-22-65-19-18-63-15-14-61-11-10-59-7/h8-51H2,1-7H3. The van der Waals surface area contributed by atoms with Crippen molar-refractivity contribution < 1.29 is 123 Å². The van der Waals surface area contributed by atoms with E-state index < -0.39 is 23.4 Å². The van der Waals surface area contributed by atoms with E-state index in [0.717, 1.165) is 4.90 Å². The predicted octanol–water partition coefficient (Wildman–Crippen LogP) is 3.15. The van der Waals surface area contributed by atoms with Crippen molar-refractivity contribution in [2.24, 2.45) is 0 Å². The van der Waals surface area contributed by atoms with Gasteiger partial charge in [0.25, 0.3) is 0 Å². The Bertz CT molecular complexity index is 1270. The van der Waals surface area contributed by atoms with Gasteiger partial charge in [0.15, 0.2) is 0 Å². The lowest BCUT2D eigenvalue weighted by Crippen LogP contribution is -2.45. The molecule has 0 aliphatic rings. The summed E-state index contributed by atoms with van der Waals surface area (Å²) in [6.45, 7) is 30.4. The Balaban J connectivity index is 3.22. The van der Waals surface area contributed by atoms with E-state index in [2.05, 4.69) is 0 Å². The van der Waals surface area contributed by atoms with Gasteiger partial charge in [0.2, 0.25) is 0 Å². The van der Waals surface area contributed by atoms with Crippen LogP contribution >= 0.6 is 0 Å². The highest BCUT2D eigenvalue weighted by atomic mass is 16.6. The summed E-state index contributed by atoms with van der Waals surface area (Å²) in [5.74, 6) is 0. The third kappa shape index (κ3) is 67.0. The summed E-state index contributed by atoms with van der Waals surface area (Å²) in [5, 5.41) is 0. The summed E-state index contributed by atoms with van der Waals surface area (Å²) < 4.78 is 131. The van der Waals surface area contributed by atoms with Crippen LogP contribution in [0.3, 0.4) is 0 Å². The summed E-state index contributed by atoms with van der Waals surface area (Å²) in [7, 11) is 1.64. The summed E-state index contributed by atoms with van der Waals surface area (Å²) in [6, 6.07) is 0. The Morgan fingerprint density at radius 1 is 0.220 bits per heavy atom. The number of nitrogens with zero attached hydrogens (tertiary/aromatic N) is 1. The Morgan fingerprint density at radius 2 is 0.341 bits per heavy atom. The third-order valence-electron chi connectivity index (χ3n) is 9.56. The third-order valence-corrected chi connectivity index (χ3v) is 9.56. The van der Waals surface area contributed by atoms with E-state index in [1.165, 1.54) is 0 Å². The first-order valence-corrected chi connectivity index (χ1v) is 28.8. The Morgan fingerprint density at radius 3 is 0.463 bits per heavy atom. The molecular weight excluding hydrogens is 1090 g/mol. The van der Waals surface area contributed by atoms with Crippen molar-refractivity contribution in [2.45, 2.75) is 52.7 Å². The maximum atomic E-state index is 12.5. The molecule has 27 nitrogen and oxygen atoms in total. The van der Waals surface area contributed by atoms with E-state index in [-0.39, 0.29) is 19.8 Å². The highest BCUT2D eigenvalue weighted by Gasteiger charge is 2.31. The van der Waals surface area contributed by atoms with Crippen LogP contribution in [0.2, 0.25) is 0 Å². The molecule has 82 heavy (non-hydrogen) atoms. The first kappa shape index (κ1) is 79.9. The van der Waals surface area contributed by atoms with Gasteiger partial charge in [-0.1, -0.05) is 0 Å². The average molecular weight is 1200 g/mol. The molecule has 0 aromatic carbocycles. The Hall–Kier alpha value is -2.14. The molecule has 0 atom stereocenters. The van der Waals surface area contributed by atoms with Gasteiger partial charge in [0.1, 0.15) is 11.2 Å². The van der Waals surface area contributed by atoms with Crippen molar-refractivity contribution in [2.75, 3.05) is 298 Å². The van der Waals surface area contributed by atoms with Gasteiger partial charge < -0.3 is 114 Å². The highest BCUT2D eigenvalue weighted by Crippen LogP contribution is 2.14. The zero-order valence-electron chi connectivity index (χ0n) is 51.2. The zero-order chi connectivity index (χ0) is 59.8. The average Bonchev–Trinajstić information content (AvgIpc) is 3.46. The molecule has 0 aliphatic carbocycles. The van der Waals surface area contributed by atoms with Crippen molar-refractivity contribution >= 4 is 12.2 Å². The largest absolute Gasteiger partial charge is 0.443 e. The molecular formula is C55H109NO26. The van der Waals surface area contributed by atoms with E-state index in [4.69, 9.17) is 114 Å². The molecule has 2 amide bonds. The first-order valence-electron chi connectivity index (χ1n) is 28.8. The molecule has 0 unspecified atom stereocenters. The van der Waals surface area contributed by atoms with Gasteiger partial charge in [-0.2, -0.15) is 0 Å². The van der Waals surface area contributed by atoms with Crippen molar-refractivity contribution in [3.63, 3.8) is 0 Å². The van der Waals surface area contributed by atoms with Crippen molar-refractivity contribution in [3.8, 4) is 0 Å². The predicted molar refractivity (Wildman–Crippen MR) is 298 cm³/mol. The number of amides is 2. The maximum absolute atomic E-state index is 12.5. The minimum Gasteiger partial charge on any atom is -0.443 e. The van der Waals surface area contributed by atoms with Gasteiger partial charge in [-0.15, -0.1) is 0 Å². The molecule has 0 heterocycles. The van der Waals surface area contributed by atoms with Crippen LogP contribution < -0.4 is 0 Å². The van der Waals surface area contributed by atoms with E-state index in [9.17, 15) is 9.59 Å². The lowest BCUT2D eigenvalue weighted by Gasteiger charge is -2.28. The van der Waals surface area contributed by atoms with E-state index in [0.29, 0.717) is 271 Å². The molecule has 0 rings (SSSR count). The lowest BCUT2D eigenvalue weighted by molar-refractivity contribution is -0.0317. The smallest absolute Gasteiger partial charge is 0.419 e. The molecule has 0 saturated carbocycles. The Kier molecular flexibility index (Phi) is 61.7. The molecule has 27 heteroatoms. The Labute approximate surface area is 489 Å². The summed E-state index contributed by atoms with van der Waals surface area (Å²) in [4.78, 5) is 25.9. The topological polar surface area (TPSA) is 259 Å². The summed E-state index contributed by atoms with van der Waals surface area (Å²) in [6.07, 6.45) is -1.58. The molecule has 0 radical (unpaired) electrons. The second-order valence-electron chi connectivity index (χ2n) is 19.0. The van der Waals surface area contributed by atoms with Crippen molar-refractivity contribution in [1.82, 2.24) is 4.90 Å². The summed E-state index contributed by atoms with van der Waals surface area (Å²) >= 11 is 0. The molecule has 0 bridgehead atoms. The van der Waals surface area contributed by atoms with Crippen LogP contribution in [-0.2, 0) is 114 Å². The zero-order valence-corrected chi connectivity index (χ0v) is 51.2. The molecule has 490 valence electrons. The number of methoxy groups -OCH3 is 1. The minimum atomic E-state index is -0.792. The number of imide groups is 1. The molecule has 0 aromatic rings. The fraction of sp³-hybridized carbons (Fsp3) is 0.964. The normalized spacial score (nSPS) is 12.0. The summed E-state index contributed by atoms with van der Waals surface area (Å²) in [5.41, 5.74) is -1.53. The fourth-order valence-corrected chi connectivity index (χ4v) is 5.69. The van der Waals surface area contributed by atoms with E-state index in [1.54, 1.807) is 48.7 Å². The molecule has 0 N–H and O–H groups in total. The van der Waals surface area contributed by atoms with Gasteiger partial charge in [-0.3, -0.25) is 0 Å². The van der Waals surface area contributed by atoms with Crippen molar-refractivity contribution in [3.05, 3.63) is 0 Å². The number of hydrogen-bond acceptors (Lipinski definition) is 26. The van der Waals surface area contributed by atoms with Crippen LogP contribution in [0.25, 0.3) is 0 Å². The number of hydrogen-bond donors (Lipinski definition) is 0. The lowest BCUT2D eigenvalue weighted by atomic mass is 10.2. The maximum Gasteiger partial charge on any atom is 0.419 e. The van der Waals surface area contributed by atoms with Crippen LogP contribution in [0.1, 0.15) is 41.5 Å². The van der Waals surface area contributed by atoms with Crippen LogP contribution in [-0.4, -0.2) is 326 Å². The van der Waals surface area contributed by atoms with Gasteiger partial charge in [0.05, 0.1) is 291 Å². The van der Waals surface area contributed by atoms with Crippen molar-refractivity contribution in [1.29, 1.82) is 0 Å². The molecule has 0 fully saturated rings. The quantitative estimate of drug-likeness (QED) is 0.0792. The van der Waals surface area contributed by atoms with Crippen LogP contribution in [0.4, 0.5) is 9.59 Å². The molecule has 0 aromatic heterocycles. The highest BCUT2D eigenvalue weighted by molar-refractivity contribution is 5.88. The molecule has 0 spiro atoms. The first-order chi connectivity index (χ1) is 40.0. The van der Waals surface area contributed by atoms with Gasteiger partial charge in [-0.25, -0.2) is 14.5 Å². The molecule has 0 saturated heterocycles. The number of carbonyl (C=O) groups is 2. The van der Waals surface area contributed by atoms with E-state index >= 15 is 0 Å². The van der Waals surface area contributed by atoms with Gasteiger partial charge in [0, 0.05) is 7.11 Å². The second-order valence-corrected chi connectivity index (χ2v) is 19.0. The molecule has 0 aliphatic heterocycles. The van der Waals surface area contributed by atoms with Crippen LogP contribution in [0.5, 0.6) is 0 Å². The fourth-order valence-electron chi connectivity index (χ4n) is 5.69. The van der Waals surface area contributed by atoms with Gasteiger partial charge in [-0.05, 0) is 41.5 Å². The van der Waals surface area contributed by atoms with Crippen LogP contribution in [0.15, 0.2) is 0 Å². The minimum absolute atomic E-state index is 0.0186. The van der Waals surface area contributed by atoms with Gasteiger partial charge >= 0.3 is 12.2 Å². The second kappa shape index (κ2) is 63.4. The van der Waals surface area contributed by atoms with E-state index in [1.807, 2.05) is 0 Å². The number of carbonyl (C=O) groups excluding carboxylic acids is 2. The van der Waals surface area contributed by atoms with Crippen LogP contribution in [0, 0.1) is 0 Å². The number of ether oxygens (including phenoxy) is 24.